The van der Waals surface area contributed by atoms with Crippen molar-refractivity contribution in [1.82, 2.24) is 5.32 Å². The van der Waals surface area contributed by atoms with Gasteiger partial charge in [-0.05, 0) is 36.8 Å². The number of carbonyl (C=O) groups is 2. The van der Waals surface area contributed by atoms with E-state index in [1.54, 1.807) is 45.4 Å². The van der Waals surface area contributed by atoms with E-state index in [0.29, 0.717) is 22.9 Å². The highest BCUT2D eigenvalue weighted by Crippen LogP contribution is 2.28. The van der Waals surface area contributed by atoms with E-state index in [1.165, 1.54) is 5.01 Å². The smallest absolute Gasteiger partial charge is 0.265 e. The largest absolute Gasteiger partial charge is 0.493 e. The molecule has 7 heteroatoms. The van der Waals surface area contributed by atoms with Gasteiger partial charge in [0.1, 0.15) is 0 Å². The molecule has 0 saturated heterocycles. The number of nitrogens with one attached hydrogen (secondary N) is 1. The van der Waals surface area contributed by atoms with Gasteiger partial charge in [-0.25, -0.2) is 0 Å². The fourth-order valence-electron chi connectivity index (χ4n) is 2.90. The zero-order chi connectivity index (χ0) is 19.4. The van der Waals surface area contributed by atoms with Crippen LogP contribution < -0.4 is 19.8 Å². The van der Waals surface area contributed by atoms with Crippen LogP contribution in [0.2, 0.25) is 0 Å². The number of carbonyl (C=O) groups excluding carboxylic acids is 2. The molecule has 1 heterocycles. The maximum absolute atomic E-state index is 12.7. The van der Waals surface area contributed by atoms with Gasteiger partial charge < -0.3 is 14.8 Å². The number of rotatable bonds is 6. The molecule has 1 aliphatic rings. The average molecular weight is 367 g/mol. The van der Waals surface area contributed by atoms with Gasteiger partial charge in [-0.3, -0.25) is 9.59 Å². The van der Waals surface area contributed by atoms with Crippen molar-refractivity contribution in [3.63, 3.8) is 0 Å². The highest BCUT2D eigenvalue weighted by Gasteiger charge is 2.39. The summed E-state index contributed by atoms with van der Waals surface area (Å²) < 4.78 is 10.5. The van der Waals surface area contributed by atoms with Gasteiger partial charge in [0.25, 0.3) is 5.91 Å². The Morgan fingerprint density at radius 1 is 1.11 bits per heavy atom. The van der Waals surface area contributed by atoms with Crippen LogP contribution in [0.1, 0.15) is 12.5 Å². The first-order chi connectivity index (χ1) is 13.0. The van der Waals surface area contributed by atoms with Crippen LogP contribution in [0.25, 0.3) is 0 Å². The lowest BCUT2D eigenvalue weighted by molar-refractivity contribution is -0.130. The predicted molar refractivity (Wildman–Crippen MR) is 102 cm³/mol. The molecule has 7 nitrogen and oxygen atoms in total. The van der Waals surface area contributed by atoms with Crippen LogP contribution >= 0.6 is 0 Å². The van der Waals surface area contributed by atoms with Gasteiger partial charge in [0.15, 0.2) is 17.4 Å². The molecule has 3 rings (SSSR count). The molecule has 0 bridgehead atoms. The minimum absolute atomic E-state index is 0.265. The molecule has 1 aliphatic heterocycles. The third-order valence-electron chi connectivity index (χ3n) is 4.31. The van der Waals surface area contributed by atoms with Crippen LogP contribution in [-0.4, -0.2) is 31.7 Å². The van der Waals surface area contributed by atoms with Crippen molar-refractivity contribution in [1.29, 1.82) is 0 Å². The molecule has 2 aromatic rings. The Labute approximate surface area is 157 Å². The highest BCUT2D eigenvalue weighted by molar-refractivity contribution is 6.26. The van der Waals surface area contributed by atoms with Crippen molar-refractivity contribution in [2.24, 2.45) is 11.0 Å². The standard InChI is InChI=1S/C20H21N3O4/c1-13-18(20(25)23(22-13)15-7-5-4-6-8-15)19(24)21-12-14-9-10-16(26-2)17(11-14)27-3/h4-11,18H,12H2,1-3H3,(H,21,24). The number of para-hydroxylation sites is 1. The molecule has 1 unspecified atom stereocenters. The SMILES string of the molecule is COc1ccc(CNC(=O)C2C(=O)N(c3ccccc3)N=C2C)cc1OC. The van der Waals surface area contributed by atoms with Gasteiger partial charge in [-0.2, -0.15) is 10.1 Å². The molecule has 0 spiro atoms. The number of hydrogen-bond donors (Lipinski definition) is 1. The van der Waals surface area contributed by atoms with Gasteiger partial charge in [0.05, 0.1) is 25.6 Å². The molecule has 0 radical (unpaired) electrons. The fourth-order valence-corrected chi connectivity index (χ4v) is 2.90. The van der Waals surface area contributed by atoms with Crippen molar-refractivity contribution in [3.05, 3.63) is 54.1 Å². The summed E-state index contributed by atoms with van der Waals surface area (Å²) in [5.74, 6) is -0.474. The molecule has 2 aromatic carbocycles. The second-order valence-electron chi connectivity index (χ2n) is 6.07. The number of hydrazone groups is 1. The van der Waals surface area contributed by atoms with E-state index < -0.39 is 5.92 Å². The summed E-state index contributed by atoms with van der Waals surface area (Å²) in [6, 6.07) is 14.4. The Morgan fingerprint density at radius 3 is 2.48 bits per heavy atom. The molecule has 2 amide bonds. The van der Waals surface area contributed by atoms with E-state index in [1.807, 2.05) is 24.3 Å². The second kappa shape index (κ2) is 7.90. The minimum Gasteiger partial charge on any atom is -0.493 e. The van der Waals surface area contributed by atoms with Crippen molar-refractivity contribution in [3.8, 4) is 11.5 Å². The quantitative estimate of drug-likeness (QED) is 0.795. The summed E-state index contributed by atoms with van der Waals surface area (Å²) in [5, 5.41) is 8.32. The van der Waals surface area contributed by atoms with E-state index in [9.17, 15) is 9.59 Å². The number of amides is 2. The topological polar surface area (TPSA) is 80.2 Å². The Bertz CT molecular complexity index is 880. The van der Waals surface area contributed by atoms with Gasteiger partial charge in [0.2, 0.25) is 5.91 Å². The number of benzene rings is 2. The van der Waals surface area contributed by atoms with Crippen LogP contribution in [0.4, 0.5) is 5.69 Å². The third kappa shape index (κ3) is 3.76. The maximum Gasteiger partial charge on any atom is 0.265 e. The molecular weight excluding hydrogens is 346 g/mol. The summed E-state index contributed by atoms with van der Waals surface area (Å²) in [7, 11) is 3.11. The Morgan fingerprint density at radius 2 is 1.81 bits per heavy atom. The normalized spacial score (nSPS) is 16.1. The summed E-state index contributed by atoms with van der Waals surface area (Å²) in [6.07, 6.45) is 0. The van der Waals surface area contributed by atoms with E-state index >= 15 is 0 Å². The average Bonchev–Trinajstić information content (AvgIpc) is 3.00. The number of methoxy groups -OCH3 is 2. The van der Waals surface area contributed by atoms with Crippen molar-refractivity contribution < 1.29 is 19.1 Å². The molecule has 140 valence electrons. The molecule has 0 fully saturated rings. The first-order valence-electron chi connectivity index (χ1n) is 8.48. The minimum atomic E-state index is -0.926. The lowest BCUT2D eigenvalue weighted by Crippen LogP contribution is -2.39. The lowest BCUT2D eigenvalue weighted by atomic mass is 10.0. The Balaban J connectivity index is 1.68. The van der Waals surface area contributed by atoms with Crippen molar-refractivity contribution in [2.45, 2.75) is 13.5 Å². The van der Waals surface area contributed by atoms with E-state index in [4.69, 9.17) is 9.47 Å². The summed E-state index contributed by atoms with van der Waals surface area (Å²) in [6.45, 7) is 1.95. The Kier molecular flexibility index (Phi) is 5.40. The maximum atomic E-state index is 12.7. The molecule has 1 atom stereocenters. The highest BCUT2D eigenvalue weighted by atomic mass is 16.5. The molecule has 0 aromatic heterocycles. The van der Waals surface area contributed by atoms with Gasteiger partial charge in [-0.1, -0.05) is 24.3 Å². The molecule has 0 aliphatic carbocycles. The van der Waals surface area contributed by atoms with Gasteiger partial charge in [0, 0.05) is 6.54 Å². The first-order valence-corrected chi connectivity index (χ1v) is 8.48. The Hall–Kier alpha value is -3.35. The number of hydrogen-bond acceptors (Lipinski definition) is 5. The predicted octanol–water partition coefficient (Wildman–Crippen LogP) is 2.36. The molecule has 0 saturated carbocycles. The summed E-state index contributed by atoms with van der Waals surface area (Å²) in [4.78, 5) is 25.3. The summed E-state index contributed by atoms with van der Waals surface area (Å²) >= 11 is 0. The first kappa shape index (κ1) is 18.4. The number of ether oxygens (including phenoxy) is 2. The van der Waals surface area contributed by atoms with E-state index in [0.717, 1.165) is 5.56 Å². The third-order valence-corrected chi connectivity index (χ3v) is 4.31. The fraction of sp³-hybridized carbons (Fsp3) is 0.250. The summed E-state index contributed by atoms with van der Waals surface area (Å²) in [5.41, 5.74) is 1.94. The van der Waals surface area contributed by atoms with Crippen LogP contribution in [0.5, 0.6) is 11.5 Å². The van der Waals surface area contributed by atoms with Crippen LogP contribution in [-0.2, 0) is 16.1 Å². The van der Waals surface area contributed by atoms with Crippen LogP contribution in [0, 0.1) is 5.92 Å². The monoisotopic (exact) mass is 367 g/mol. The number of anilines is 1. The zero-order valence-electron chi connectivity index (χ0n) is 15.4. The van der Waals surface area contributed by atoms with E-state index in [2.05, 4.69) is 10.4 Å². The van der Waals surface area contributed by atoms with Crippen molar-refractivity contribution >= 4 is 23.2 Å². The number of nitrogens with zero attached hydrogens (tertiary/aromatic N) is 2. The lowest BCUT2D eigenvalue weighted by Gasteiger charge is -2.15. The van der Waals surface area contributed by atoms with Crippen molar-refractivity contribution in [2.75, 3.05) is 19.2 Å². The molecular formula is C20H21N3O4. The van der Waals surface area contributed by atoms with Crippen LogP contribution in [0.15, 0.2) is 53.6 Å². The second-order valence-corrected chi connectivity index (χ2v) is 6.07. The van der Waals surface area contributed by atoms with Gasteiger partial charge >= 0.3 is 0 Å². The van der Waals surface area contributed by atoms with Crippen LogP contribution in [0.3, 0.4) is 0 Å². The van der Waals surface area contributed by atoms with E-state index in [-0.39, 0.29) is 18.4 Å². The molecule has 27 heavy (non-hydrogen) atoms. The van der Waals surface area contributed by atoms with Gasteiger partial charge in [-0.15, -0.1) is 0 Å². The molecule has 1 N–H and O–H groups in total. The zero-order valence-corrected chi connectivity index (χ0v) is 15.4.